The van der Waals surface area contributed by atoms with Gasteiger partial charge in [0.1, 0.15) is 0 Å². The van der Waals surface area contributed by atoms with E-state index in [-0.39, 0.29) is 0 Å². The Hall–Kier alpha value is -1.75. The van der Waals surface area contributed by atoms with Gasteiger partial charge in [0, 0.05) is 19.1 Å². The summed E-state index contributed by atoms with van der Waals surface area (Å²) in [5, 5.41) is 12.2. The van der Waals surface area contributed by atoms with E-state index in [4.69, 9.17) is 10.8 Å². The lowest BCUT2D eigenvalue weighted by Gasteiger charge is -2.36. The highest BCUT2D eigenvalue weighted by Gasteiger charge is 2.21. The third-order valence-electron chi connectivity index (χ3n) is 3.34. The Labute approximate surface area is 107 Å². The number of nitrogens with two attached hydrogens (primary N) is 1. The van der Waals surface area contributed by atoms with Gasteiger partial charge in [0.25, 0.3) is 0 Å². The van der Waals surface area contributed by atoms with Crippen LogP contribution in [0.4, 0.5) is 11.4 Å². The monoisotopic (exact) mass is 249 g/mol. The zero-order valence-electron chi connectivity index (χ0n) is 10.5. The van der Waals surface area contributed by atoms with Gasteiger partial charge in [-0.25, -0.2) is 4.79 Å². The van der Waals surface area contributed by atoms with Crippen molar-refractivity contribution in [2.45, 2.75) is 19.4 Å². The van der Waals surface area contributed by atoms with Crippen molar-refractivity contribution in [3.05, 3.63) is 23.8 Å². The molecule has 0 bridgehead atoms. The SMILES string of the molecule is CC(CCN)N1CCNc2cc(C(=O)O)ccc21. The van der Waals surface area contributed by atoms with Gasteiger partial charge in [-0.1, -0.05) is 0 Å². The molecule has 0 spiro atoms. The molecule has 1 aliphatic rings. The number of anilines is 2. The molecule has 1 unspecified atom stereocenters. The van der Waals surface area contributed by atoms with E-state index in [2.05, 4.69) is 17.1 Å². The quantitative estimate of drug-likeness (QED) is 0.750. The predicted molar refractivity (Wildman–Crippen MR) is 72.4 cm³/mol. The Kier molecular flexibility index (Phi) is 3.72. The van der Waals surface area contributed by atoms with Crippen molar-refractivity contribution in [1.29, 1.82) is 0 Å². The number of carboxylic acid groups (broad SMARTS) is 1. The van der Waals surface area contributed by atoms with Gasteiger partial charge in [0.05, 0.1) is 16.9 Å². The molecule has 1 aromatic carbocycles. The van der Waals surface area contributed by atoms with Crippen molar-refractivity contribution < 1.29 is 9.90 Å². The number of carboxylic acids is 1. The summed E-state index contributed by atoms with van der Waals surface area (Å²) in [7, 11) is 0. The minimum Gasteiger partial charge on any atom is -0.478 e. The van der Waals surface area contributed by atoms with Gasteiger partial charge < -0.3 is 21.1 Å². The summed E-state index contributed by atoms with van der Waals surface area (Å²) in [5.74, 6) is -0.897. The molecule has 98 valence electrons. The molecule has 1 aliphatic heterocycles. The van der Waals surface area contributed by atoms with Gasteiger partial charge in [-0.05, 0) is 38.1 Å². The zero-order valence-corrected chi connectivity index (χ0v) is 10.5. The topological polar surface area (TPSA) is 78.6 Å². The molecule has 0 radical (unpaired) electrons. The average Bonchev–Trinajstić information content (AvgIpc) is 2.37. The van der Waals surface area contributed by atoms with Crippen LogP contribution in [-0.4, -0.2) is 36.8 Å². The largest absolute Gasteiger partial charge is 0.478 e. The molecule has 5 heteroatoms. The second-order valence-corrected chi connectivity index (χ2v) is 4.58. The molecule has 1 aromatic rings. The molecule has 18 heavy (non-hydrogen) atoms. The van der Waals surface area contributed by atoms with Gasteiger partial charge in [-0.2, -0.15) is 0 Å². The summed E-state index contributed by atoms with van der Waals surface area (Å²) < 4.78 is 0. The fraction of sp³-hybridized carbons (Fsp3) is 0.462. The van der Waals surface area contributed by atoms with Gasteiger partial charge in [0.2, 0.25) is 0 Å². The van der Waals surface area contributed by atoms with Gasteiger partial charge in [0.15, 0.2) is 0 Å². The van der Waals surface area contributed by atoms with Crippen LogP contribution in [0.25, 0.3) is 0 Å². The Morgan fingerprint density at radius 1 is 1.61 bits per heavy atom. The number of nitrogens with zero attached hydrogens (tertiary/aromatic N) is 1. The van der Waals surface area contributed by atoms with Crippen LogP contribution in [-0.2, 0) is 0 Å². The van der Waals surface area contributed by atoms with Crippen LogP contribution in [0.2, 0.25) is 0 Å². The summed E-state index contributed by atoms with van der Waals surface area (Å²) in [6.45, 7) is 4.55. The van der Waals surface area contributed by atoms with Crippen molar-refractivity contribution >= 4 is 17.3 Å². The van der Waals surface area contributed by atoms with Gasteiger partial charge >= 0.3 is 5.97 Å². The van der Waals surface area contributed by atoms with Gasteiger partial charge in [-0.15, -0.1) is 0 Å². The summed E-state index contributed by atoms with van der Waals surface area (Å²) in [4.78, 5) is 13.2. The van der Waals surface area contributed by atoms with E-state index in [0.717, 1.165) is 30.9 Å². The average molecular weight is 249 g/mol. The Morgan fingerprint density at radius 3 is 3.06 bits per heavy atom. The highest BCUT2D eigenvalue weighted by molar-refractivity contribution is 5.91. The van der Waals surface area contributed by atoms with E-state index in [0.29, 0.717) is 18.2 Å². The Morgan fingerprint density at radius 2 is 2.39 bits per heavy atom. The number of benzene rings is 1. The van der Waals surface area contributed by atoms with Crippen LogP contribution in [0.3, 0.4) is 0 Å². The Balaban J connectivity index is 2.29. The number of carbonyl (C=O) groups is 1. The molecule has 2 rings (SSSR count). The molecular weight excluding hydrogens is 230 g/mol. The van der Waals surface area contributed by atoms with E-state index < -0.39 is 5.97 Å². The van der Waals surface area contributed by atoms with Crippen LogP contribution in [0.1, 0.15) is 23.7 Å². The van der Waals surface area contributed by atoms with E-state index in [1.54, 1.807) is 12.1 Å². The first kappa shape index (κ1) is 12.7. The maximum Gasteiger partial charge on any atom is 0.335 e. The number of hydrogen-bond acceptors (Lipinski definition) is 4. The zero-order chi connectivity index (χ0) is 13.1. The molecule has 1 atom stereocenters. The molecular formula is C13H19N3O2. The summed E-state index contributed by atoms with van der Waals surface area (Å²) >= 11 is 0. The molecule has 4 N–H and O–H groups in total. The molecule has 1 heterocycles. The first-order chi connectivity index (χ1) is 8.63. The standard InChI is InChI=1S/C13H19N3O2/c1-9(4-5-14)16-7-6-15-11-8-10(13(17)18)2-3-12(11)16/h2-3,8-9,15H,4-7,14H2,1H3,(H,17,18). The third-order valence-corrected chi connectivity index (χ3v) is 3.34. The smallest absolute Gasteiger partial charge is 0.335 e. The Bertz CT molecular complexity index is 448. The third kappa shape index (κ3) is 2.41. The number of rotatable bonds is 4. The molecule has 0 saturated heterocycles. The fourth-order valence-electron chi connectivity index (χ4n) is 2.35. The first-order valence-electron chi connectivity index (χ1n) is 6.21. The van der Waals surface area contributed by atoms with Crippen LogP contribution in [0, 0.1) is 0 Å². The van der Waals surface area contributed by atoms with Crippen LogP contribution in [0.5, 0.6) is 0 Å². The lowest BCUT2D eigenvalue weighted by molar-refractivity contribution is 0.0697. The van der Waals surface area contributed by atoms with Crippen molar-refractivity contribution in [1.82, 2.24) is 0 Å². The minimum atomic E-state index is -0.897. The van der Waals surface area contributed by atoms with E-state index in [9.17, 15) is 4.79 Å². The summed E-state index contributed by atoms with van der Waals surface area (Å²) in [5.41, 5.74) is 7.87. The minimum absolute atomic E-state index is 0.314. The number of nitrogens with one attached hydrogen (secondary N) is 1. The molecule has 5 nitrogen and oxygen atoms in total. The number of fused-ring (bicyclic) bond motifs is 1. The number of aromatic carboxylic acids is 1. The number of hydrogen-bond donors (Lipinski definition) is 3. The first-order valence-corrected chi connectivity index (χ1v) is 6.21. The fourth-order valence-corrected chi connectivity index (χ4v) is 2.35. The lowest BCUT2D eigenvalue weighted by Crippen LogP contribution is -2.41. The molecule has 0 aromatic heterocycles. The van der Waals surface area contributed by atoms with Crippen LogP contribution in [0.15, 0.2) is 18.2 Å². The van der Waals surface area contributed by atoms with E-state index in [1.807, 2.05) is 6.07 Å². The van der Waals surface area contributed by atoms with Crippen molar-refractivity contribution in [2.24, 2.45) is 5.73 Å². The van der Waals surface area contributed by atoms with Gasteiger partial charge in [-0.3, -0.25) is 0 Å². The normalized spacial score (nSPS) is 15.8. The van der Waals surface area contributed by atoms with Crippen molar-refractivity contribution in [3.63, 3.8) is 0 Å². The van der Waals surface area contributed by atoms with Crippen LogP contribution < -0.4 is 16.0 Å². The van der Waals surface area contributed by atoms with Crippen molar-refractivity contribution in [3.8, 4) is 0 Å². The molecule has 0 fully saturated rings. The van der Waals surface area contributed by atoms with Crippen molar-refractivity contribution in [2.75, 3.05) is 29.9 Å². The summed E-state index contributed by atoms with van der Waals surface area (Å²) in [6, 6.07) is 5.58. The lowest BCUT2D eigenvalue weighted by atomic mass is 10.1. The second-order valence-electron chi connectivity index (χ2n) is 4.58. The highest BCUT2D eigenvalue weighted by atomic mass is 16.4. The molecule has 0 aliphatic carbocycles. The second kappa shape index (κ2) is 5.27. The van der Waals surface area contributed by atoms with E-state index >= 15 is 0 Å². The van der Waals surface area contributed by atoms with Crippen LogP contribution >= 0.6 is 0 Å². The maximum atomic E-state index is 10.9. The van der Waals surface area contributed by atoms with E-state index in [1.165, 1.54) is 0 Å². The molecule has 0 amide bonds. The molecule has 0 saturated carbocycles. The summed E-state index contributed by atoms with van der Waals surface area (Å²) in [6.07, 6.45) is 0.931. The highest BCUT2D eigenvalue weighted by Crippen LogP contribution is 2.31. The maximum absolute atomic E-state index is 10.9. The predicted octanol–water partition coefficient (Wildman–Crippen LogP) is 1.35.